The number of hydrogen-bond acceptors (Lipinski definition) is 7. The van der Waals surface area contributed by atoms with Crippen LogP contribution in [0, 0.1) is 5.92 Å². The molecule has 0 aliphatic carbocycles. The molecule has 2 aromatic rings. The fourth-order valence-electron chi connectivity index (χ4n) is 3.06. The number of rotatable bonds is 6. The average Bonchev–Trinajstić information content (AvgIpc) is 3.24. The second-order valence-electron chi connectivity index (χ2n) is 6.48. The number of aromatic amines is 1. The molecule has 0 spiro atoms. The van der Waals surface area contributed by atoms with E-state index in [0.29, 0.717) is 12.1 Å². The predicted molar refractivity (Wildman–Crippen MR) is 90.1 cm³/mol. The number of hydrogen-bond donors (Lipinski definition) is 4. The molecule has 28 heavy (non-hydrogen) atoms. The number of nitrogens with one attached hydrogen (secondary N) is 2. The number of aryl methyl sites for hydroxylation is 1. The van der Waals surface area contributed by atoms with Gasteiger partial charge in [0.2, 0.25) is 5.95 Å². The van der Waals surface area contributed by atoms with Crippen LogP contribution in [-0.2, 0) is 16.0 Å². The molecule has 154 valence electrons. The normalized spacial score (nSPS) is 20.0. The SMILES string of the molecule is Nc1nc2n[nH]c(CCCNC(=O)C(F)(F)F)c2c(=O)n1[C@H]1CC(CO)CO1. The lowest BCUT2D eigenvalue weighted by Gasteiger charge is -2.15. The number of nitrogens with two attached hydrogens (primary N) is 1. The topological polar surface area (TPSA) is 148 Å². The Balaban J connectivity index is 1.77. The zero-order valence-electron chi connectivity index (χ0n) is 14.6. The minimum absolute atomic E-state index is 0.0819. The first kappa shape index (κ1) is 20.1. The summed E-state index contributed by atoms with van der Waals surface area (Å²) in [5.41, 5.74) is 5.83. The molecular weight excluding hydrogens is 385 g/mol. The van der Waals surface area contributed by atoms with E-state index in [1.165, 1.54) is 4.57 Å². The first-order valence-corrected chi connectivity index (χ1v) is 8.54. The number of aliphatic hydroxyl groups is 1. The third kappa shape index (κ3) is 3.94. The van der Waals surface area contributed by atoms with E-state index in [1.807, 2.05) is 0 Å². The lowest BCUT2D eigenvalue weighted by molar-refractivity contribution is -0.173. The number of carbonyl (C=O) groups excluding carboxylic acids is 1. The molecule has 1 aliphatic rings. The monoisotopic (exact) mass is 404 g/mol. The Morgan fingerprint density at radius 2 is 2.21 bits per heavy atom. The van der Waals surface area contributed by atoms with Crippen molar-refractivity contribution in [2.24, 2.45) is 5.92 Å². The van der Waals surface area contributed by atoms with Gasteiger partial charge in [0.05, 0.1) is 12.3 Å². The maximum Gasteiger partial charge on any atom is 0.471 e. The zero-order chi connectivity index (χ0) is 20.5. The number of fused-ring (bicyclic) bond motifs is 1. The summed E-state index contributed by atoms with van der Waals surface area (Å²) in [4.78, 5) is 27.8. The molecule has 10 nitrogen and oxygen atoms in total. The molecule has 0 saturated carbocycles. The lowest BCUT2D eigenvalue weighted by Crippen LogP contribution is -2.37. The Kier molecular flexibility index (Phi) is 5.56. The molecule has 3 rings (SSSR count). The second-order valence-corrected chi connectivity index (χ2v) is 6.48. The summed E-state index contributed by atoms with van der Waals surface area (Å²) < 4.78 is 43.2. The molecule has 2 atom stereocenters. The first-order valence-electron chi connectivity index (χ1n) is 8.54. The lowest BCUT2D eigenvalue weighted by atomic mass is 10.1. The molecule has 13 heteroatoms. The fourth-order valence-corrected chi connectivity index (χ4v) is 3.06. The summed E-state index contributed by atoms with van der Waals surface area (Å²) in [7, 11) is 0. The number of amides is 1. The van der Waals surface area contributed by atoms with Crippen LogP contribution in [0.4, 0.5) is 19.1 Å². The summed E-state index contributed by atoms with van der Waals surface area (Å²) >= 11 is 0. The summed E-state index contributed by atoms with van der Waals surface area (Å²) in [6, 6.07) is 0. The molecule has 0 radical (unpaired) electrons. The maximum absolute atomic E-state index is 12.9. The molecule has 1 amide bonds. The molecule has 0 aromatic carbocycles. The number of carbonyl (C=O) groups is 1. The predicted octanol–water partition coefficient (Wildman–Crippen LogP) is -0.160. The first-order chi connectivity index (χ1) is 13.2. The van der Waals surface area contributed by atoms with Gasteiger partial charge in [-0.15, -0.1) is 0 Å². The van der Waals surface area contributed by atoms with Crippen LogP contribution in [0.1, 0.15) is 24.8 Å². The molecule has 1 unspecified atom stereocenters. The van der Waals surface area contributed by atoms with Crippen LogP contribution >= 0.6 is 0 Å². The van der Waals surface area contributed by atoms with Gasteiger partial charge in [-0.2, -0.15) is 23.3 Å². The van der Waals surface area contributed by atoms with E-state index in [9.17, 15) is 27.9 Å². The number of H-pyrrole nitrogens is 1. The van der Waals surface area contributed by atoms with Crippen LogP contribution in [0.3, 0.4) is 0 Å². The van der Waals surface area contributed by atoms with E-state index >= 15 is 0 Å². The molecule has 2 aromatic heterocycles. The maximum atomic E-state index is 12.9. The van der Waals surface area contributed by atoms with Crippen molar-refractivity contribution in [3.8, 4) is 0 Å². The van der Waals surface area contributed by atoms with Crippen molar-refractivity contribution in [1.29, 1.82) is 0 Å². The Bertz CT molecular complexity index is 925. The highest BCUT2D eigenvalue weighted by atomic mass is 19.4. The van der Waals surface area contributed by atoms with E-state index < -0.39 is 23.9 Å². The molecule has 1 fully saturated rings. The van der Waals surface area contributed by atoms with Crippen molar-refractivity contribution >= 4 is 22.9 Å². The Hall–Kier alpha value is -2.67. The Morgan fingerprint density at radius 1 is 1.46 bits per heavy atom. The minimum Gasteiger partial charge on any atom is -0.396 e. The van der Waals surface area contributed by atoms with Crippen LogP contribution in [0.15, 0.2) is 4.79 Å². The van der Waals surface area contributed by atoms with Gasteiger partial charge in [-0.1, -0.05) is 0 Å². The fraction of sp³-hybridized carbons (Fsp3) is 0.600. The summed E-state index contributed by atoms with van der Waals surface area (Å²) in [5, 5.41) is 17.7. The van der Waals surface area contributed by atoms with E-state index in [0.717, 1.165) is 0 Å². The summed E-state index contributed by atoms with van der Waals surface area (Å²) in [5.74, 6) is -2.22. The van der Waals surface area contributed by atoms with E-state index in [4.69, 9.17) is 10.5 Å². The van der Waals surface area contributed by atoms with Gasteiger partial charge >= 0.3 is 12.1 Å². The minimum atomic E-state index is -4.94. The number of aromatic nitrogens is 4. The zero-order valence-corrected chi connectivity index (χ0v) is 14.6. The Labute approximate surface area is 155 Å². The highest BCUT2D eigenvalue weighted by Gasteiger charge is 2.38. The average molecular weight is 404 g/mol. The van der Waals surface area contributed by atoms with Gasteiger partial charge in [-0.3, -0.25) is 19.3 Å². The van der Waals surface area contributed by atoms with E-state index in [1.54, 1.807) is 5.32 Å². The van der Waals surface area contributed by atoms with Crippen molar-refractivity contribution in [3.05, 3.63) is 16.0 Å². The van der Waals surface area contributed by atoms with Crippen molar-refractivity contribution in [1.82, 2.24) is 25.1 Å². The number of nitrogens with zero attached hydrogens (tertiary/aromatic N) is 3. The quantitative estimate of drug-likeness (QED) is 0.489. The van der Waals surface area contributed by atoms with Gasteiger partial charge in [-0.05, 0) is 12.8 Å². The van der Waals surface area contributed by atoms with Gasteiger partial charge < -0.3 is 20.9 Å². The van der Waals surface area contributed by atoms with Gasteiger partial charge in [0, 0.05) is 25.5 Å². The number of alkyl halides is 3. The largest absolute Gasteiger partial charge is 0.471 e. The van der Waals surface area contributed by atoms with Crippen LogP contribution in [0.2, 0.25) is 0 Å². The van der Waals surface area contributed by atoms with Crippen LogP contribution in [0.5, 0.6) is 0 Å². The number of halogens is 3. The van der Waals surface area contributed by atoms with Crippen molar-refractivity contribution in [2.75, 3.05) is 25.5 Å². The number of anilines is 1. The third-order valence-corrected chi connectivity index (χ3v) is 4.47. The van der Waals surface area contributed by atoms with Gasteiger partial charge in [0.1, 0.15) is 11.6 Å². The van der Waals surface area contributed by atoms with Crippen molar-refractivity contribution < 1.29 is 27.8 Å². The van der Waals surface area contributed by atoms with Crippen LogP contribution < -0.4 is 16.6 Å². The van der Waals surface area contributed by atoms with Gasteiger partial charge in [-0.25, -0.2) is 0 Å². The molecule has 3 heterocycles. The van der Waals surface area contributed by atoms with E-state index in [-0.39, 0.29) is 55.5 Å². The summed E-state index contributed by atoms with van der Waals surface area (Å²) in [6.07, 6.45) is -4.90. The van der Waals surface area contributed by atoms with E-state index in [2.05, 4.69) is 15.2 Å². The molecule has 1 aliphatic heterocycles. The van der Waals surface area contributed by atoms with Crippen LogP contribution in [0.25, 0.3) is 11.0 Å². The van der Waals surface area contributed by atoms with Gasteiger partial charge in [0.25, 0.3) is 5.56 Å². The second kappa shape index (κ2) is 7.75. The van der Waals surface area contributed by atoms with Crippen molar-refractivity contribution in [3.63, 3.8) is 0 Å². The standard InChI is InChI=1S/C15H19F3N6O4/c16-15(17,18)13(27)20-3-1-2-8-10-11(23-22-8)21-14(19)24(12(10)26)9-4-7(5-25)6-28-9/h7,9,25H,1-6H2,(H,20,27)(H3,19,21,22,23)/t7?,9-/m1/s1. The van der Waals surface area contributed by atoms with Crippen molar-refractivity contribution in [2.45, 2.75) is 31.7 Å². The number of aliphatic hydroxyl groups excluding tert-OH is 1. The molecule has 5 N–H and O–H groups in total. The highest BCUT2D eigenvalue weighted by molar-refractivity contribution is 5.81. The third-order valence-electron chi connectivity index (χ3n) is 4.47. The molecule has 0 bridgehead atoms. The Morgan fingerprint density at radius 3 is 2.86 bits per heavy atom. The molecule has 1 saturated heterocycles. The van der Waals surface area contributed by atoms with Crippen LogP contribution in [-0.4, -0.2) is 56.7 Å². The number of ether oxygens (including phenoxy) is 1. The number of nitrogen functional groups attached to an aromatic ring is 1. The van der Waals surface area contributed by atoms with Gasteiger partial charge in [0.15, 0.2) is 5.65 Å². The smallest absolute Gasteiger partial charge is 0.396 e. The summed E-state index contributed by atoms with van der Waals surface area (Å²) in [6.45, 7) is -0.0248. The molecular formula is C15H19F3N6O4. The highest BCUT2D eigenvalue weighted by Crippen LogP contribution is 2.28.